The van der Waals surface area contributed by atoms with E-state index in [1.165, 1.54) is 45.4 Å². The predicted molar refractivity (Wildman–Crippen MR) is 197 cm³/mol. The number of ether oxygens (including phenoxy) is 4. The number of aliphatic hydroxyl groups is 1. The highest BCUT2D eigenvalue weighted by Gasteiger charge is 2.16. The van der Waals surface area contributed by atoms with Gasteiger partial charge in [0.25, 0.3) is 0 Å². The fourth-order valence-corrected chi connectivity index (χ4v) is 5.47. The summed E-state index contributed by atoms with van der Waals surface area (Å²) in [4.78, 5) is 24.6. The van der Waals surface area contributed by atoms with Crippen molar-refractivity contribution in [3.63, 3.8) is 0 Å². The third-order valence-electron chi connectivity index (χ3n) is 8.20. The third-order valence-corrected chi connectivity index (χ3v) is 8.20. The molecule has 0 aliphatic carbocycles. The first-order chi connectivity index (χ1) is 24.4. The van der Waals surface area contributed by atoms with E-state index in [2.05, 4.69) is 6.92 Å². The van der Waals surface area contributed by atoms with Gasteiger partial charge in [-0.3, -0.25) is 9.59 Å². The standard InChI is InChI=1S/C43H50O7/c1-3-4-5-6-7-8-9-10-17-22-43(46)50-41-29-37(47-31-34-18-13-11-14-19-34)25-23-36(41)24-28-40(45)39-27-26-38(49-33(2)44)30-42(39)48-32-35-20-15-12-16-21-35/h11-16,18-21,23-30,40,45H,3-10,17,22,31-32H2,1-2H3. The van der Waals surface area contributed by atoms with Crippen LogP contribution in [0.15, 0.2) is 103 Å². The molecule has 7 heteroatoms. The zero-order valence-electron chi connectivity index (χ0n) is 29.4. The monoisotopic (exact) mass is 678 g/mol. The molecule has 0 heterocycles. The van der Waals surface area contributed by atoms with Gasteiger partial charge in [-0.1, -0.05) is 131 Å². The van der Waals surface area contributed by atoms with Crippen LogP contribution in [0.5, 0.6) is 23.0 Å². The quantitative estimate of drug-likeness (QED) is 0.0533. The number of hydrogen-bond donors (Lipinski definition) is 1. The summed E-state index contributed by atoms with van der Waals surface area (Å²) in [5, 5.41) is 11.3. The maximum atomic E-state index is 13.0. The first kappa shape index (κ1) is 37.9. The molecule has 4 aromatic carbocycles. The molecular formula is C43H50O7. The lowest BCUT2D eigenvalue weighted by Crippen LogP contribution is -2.09. The molecule has 0 aliphatic rings. The summed E-state index contributed by atoms with van der Waals surface area (Å²) in [6.45, 7) is 4.19. The number of carbonyl (C=O) groups is 2. The lowest BCUT2D eigenvalue weighted by atomic mass is 10.1. The molecule has 7 nitrogen and oxygen atoms in total. The van der Waals surface area contributed by atoms with Crippen LogP contribution in [-0.4, -0.2) is 17.0 Å². The normalized spacial score (nSPS) is 11.7. The first-order valence-electron chi connectivity index (χ1n) is 17.8. The average Bonchev–Trinajstić information content (AvgIpc) is 3.12. The molecule has 50 heavy (non-hydrogen) atoms. The molecule has 1 unspecified atom stereocenters. The molecule has 0 amide bonds. The molecule has 1 N–H and O–H groups in total. The smallest absolute Gasteiger partial charge is 0.311 e. The van der Waals surface area contributed by atoms with E-state index < -0.39 is 12.1 Å². The SMILES string of the molecule is CCCCCCCCCCCC(=O)Oc1cc(OCc2ccccc2)ccc1C=CC(O)c1ccc(OC(C)=O)cc1OCc1ccccc1. The van der Waals surface area contributed by atoms with Gasteiger partial charge < -0.3 is 24.1 Å². The Bertz CT molecular complexity index is 1630. The summed E-state index contributed by atoms with van der Waals surface area (Å²) >= 11 is 0. The first-order valence-corrected chi connectivity index (χ1v) is 17.8. The van der Waals surface area contributed by atoms with Gasteiger partial charge in [-0.15, -0.1) is 0 Å². The summed E-state index contributed by atoms with van der Waals surface area (Å²) in [6.07, 6.45) is 13.0. The maximum Gasteiger partial charge on any atom is 0.311 e. The number of unbranched alkanes of at least 4 members (excludes halogenated alkanes) is 8. The number of carbonyl (C=O) groups excluding carboxylic acids is 2. The van der Waals surface area contributed by atoms with Crippen molar-refractivity contribution >= 4 is 18.0 Å². The predicted octanol–water partition coefficient (Wildman–Crippen LogP) is 10.3. The van der Waals surface area contributed by atoms with E-state index in [4.69, 9.17) is 18.9 Å². The molecule has 0 saturated carbocycles. The van der Waals surface area contributed by atoms with Crippen molar-refractivity contribution in [1.29, 1.82) is 0 Å². The van der Waals surface area contributed by atoms with Gasteiger partial charge >= 0.3 is 11.9 Å². The molecule has 4 aromatic rings. The topological polar surface area (TPSA) is 91.3 Å². The summed E-state index contributed by atoms with van der Waals surface area (Å²) in [5.74, 6) is 0.847. The van der Waals surface area contributed by atoms with Crippen molar-refractivity contribution in [3.8, 4) is 23.0 Å². The zero-order valence-corrected chi connectivity index (χ0v) is 29.4. The number of benzene rings is 4. The van der Waals surface area contributed by atoms with E-state index >= 15 is 0 Å². The van der Waals surface area contributed by atoms with E-state index in [-0.39, 0.29) is 12.6 Å². The van der Waals surface area contributed by atoms with E-state index in [0.717, 1.165) is 30.4 Å². The highest BCUT2D eigenvalue weighted by Crippen LogP contribution is 2.33. The number of hydrogen-bond acceptors (Lipinski definition) is 7. The Morgan fingerprint density at radius 2 is 1.24 bits per heavy atom. The Hall–Kier alpha value is -4.88. The van der Waals surface area contributed by atoms with Crippen LogP contribution in [0.2, 0.25) is 0 Å². The summed E-state index contributed by atoms with van der Waals surface area (Å²) in [6, 6.07) is 29.7. The number of aliphatic hydroxyl groups excluding tert-OH is 1. The van der Waals surface area contributed by atoms with Crippen LogP contribution in [0.1, 0.15) is 106 Å². The fraction of sp³-hybridized carbons (Fsp3) is 0.349. The molecule has 0 radical (unpaired) electrons. The summed E-state index contributed by atoms with van der Waals surface area (Å²) < 4.78 is 23.3. The molecule has 0 aromatic heterocycles. The van der Waals surface area contributed by atoms with Gasteiger partial charge in [0, 0.05) is 36.6 Å². The molecule has 0 spiro atoms. The summed E-state index contributed by atoms with van der Waals surface area (Å²) in [7, 11) is 0. The lowest BCUT2D eigenvalue weighted by Gasteiger charge is -2.16. The summed E-state index contributed by atoms with van der Waals surface area (Å²) in [5.41, 5.74) is 3.07. The van der Waals surface area contributed by atoms with Crippen LogP contribution in [0.3, 0.4) is 0 Å². The second-order valence-corrected chi connectivity index (χ2v) is 12.4. The zero-order chi connectivity index (χ0) is 35.4. The molecule has 264 valence electrons. The van der Waals surface area contributed by atoms with Crippen LogP contribution in [0, 0.1) is 0 Å². The fourth-order valence-electron chi connectivity index (χ4n) is 5.47. The van der Waals surface area contributed by atoms with E-state index in [1.807, 2.05) is 66.7 Å². The largest absolute Gasteiger partial charge is 0.489 e. The van der Waals surface area contributed by atoms with Gasteiger partial charge in [0.2, 0.25) is 0 Å². The average molecular weight is 679 g/mol. The molecule has 0 saturated heterocycles. The minimum atomic E-state index is -1.08. The van der Waals surface area contributed by atoms with Crippen molar-refractivity contribution < 1.29 is 33.6 Å². The highest BCUT2D eigenvalue weighted by atomic mass is 16.5. The van der Waals surface area contributed by atoms with Crippen LogP contribution in [0.25, 0.3) is 6.08 Å². The van der Waals surface area contributed by atoms with E-state index in [9.17, 15) is 14.7 Å². The number of esters is 2. The Balaban J connectivity index is 1.46. The lowest BCUT2D eigenvalue weighted by molar-refractivity contribution is -0.134. The van der Waals surface area contributed by atoms with Gasteiger partial charge in [-0.25, -0.2) is 0 Å². The van der Waals surface area contributed by atoms with Crippen LogP contribution in [0.4, 0.5) is 0 Å². The third kappa shape index (κ3) is 13.6. The van der Waals surface area contributed by atoms with E-state index in [1.54, 1.807) is 42.5 Å². The Morgan fingerprint density at radius 1 is 0.660 bits per heavy atom. The van der Waals surface area contributed by atoms with E-state index in [0.29, 0.717) is 47.2 Å². The number of rotatable bonds is 21. The van der Waals surface area contributed by atoms with Gasteiger partial charge in [-0.05, 0) is 41.8 Å². The van der Waals surface area contributed by atoms with Crippen molar-refractivity contribution in [2.24, 2.45) is 0 Å². The molecular weight excluding hydrogens is 628 g/mol. The van der Waals surface area contributed by atoms with Crippen LogP contribution in [-0.2, 0) is 22.8 Å². The Morgan fingerprint density at radius 3 is 1.88 bits per heavy atom. The van der Waals surface area contributed by atoms with Gasteiger partial charge in [-0.2, -0.15) is 0 Å². The second-order valence-electron chi connectivity index (χ2n) is 12.4. The van der Waals surface area contributed by atoms with Gasteiger partial charge in [0.1, 0.15) is 42.3 Å². The Kier molecular flexibility index (Phi) is 16.1. The molecule has 4 rings (SSSR count). The van der Waals surface area contributed by atoms with Crippen LogP contribution >= 0.6 is 0 Å². The van der Waals surface area contributed by atoms with Gasteiger partial charge in [0.15, 0.2) is 0 Å². The Labute approximate surface area is 296 Å². The van der Waals surface area contributed by atoms with Crippen molar-refractivity contribution in [2.45, 2.75) is 97.4 Å². The van der Waals surface area contributed by atoms with Gasteiger partial charge in [0.05, 0.1) is 0 Å². The minimum absolute atomic E-state index is 0.261. The molecule has 0 bridgehead atoms. The molecule has 1 atom stereocenters. The molecule has 0 fully saturated rings. The van der Waals surface area contributed by atoms with Crippen molar-refractivity contribution in [2.75, 3.05) is 0 Å². The minimum Gasteiger partial charge on any atom is -0.489 e. The maximum absolute atomic E-state index is 13.0. The second kappa shape index (κ2) is 21.3. The van der Waals surface area contributed by atoms with Crippen molar-refractivity contribution in [3.05, 3.63) is 125 Å². The highest BCUT2D eigenvalue weighted by molar-refractivity contribution is 5.75. The van der Waals surface area contributed by atoms with Crippen molar-refractivity contribution in [1.82, 2.24) is 0 Å². The molecule has 0 aliphatic heterocycles. The van der Waals surface area contributed by atoms with Crippen LogP contribution < -0.4 is 18.9 Å².